The summed E-state index contributed by atoms with van der Waals surface area (Å²) in [4.78, 5) is 0. The monoisotopic (exact) mass is 273 g/mol. The van der Waals surface area contributed by atoms with Crippen molar-refractivity contribution in [1.82, 2.24) is 0 Å². The van der Waals surface area contributed by atoms with Crippen LogP contribution in [0.3, 0.4) is 0 Å². The quantitative estimate of drug-likeness (QED) is 0.827. The minimum absolute atomic E-state index is 0.653. The lowest BCUT2D eigenvalue weighted by Crippen LogP contribution is -2.31. The first kappa shape index (κ1) is 11.7. The molecule has 0 saturated carbocycles. The topological polar surface area (TPSA) is 15.9 Å². The number of anilines is 1. The number of hydrogen-bond acceptors (Lipinski definition) is 2. The van der Waals surface area contributed by atoms with Crippen molar-refractivity contribution in [2.45, 2.75) is 0 Å². The molecule has 0 spiro atoms. The van der Waals surface area contributed by atoms with Gasteiger partial charge in [-0.3, -0.25) is 5.32 Å². The van der Waals surface area contributed by atoms with Crippen LogP contribution in [0.5, 0.6) is 0 Å². The molecule has 0 aliphatic heterocycles. The number of thiazole rings is 1. The lowest BCUT2D eigenvalue weighted by atomic mass is 10.2. The molecule has 0 saturated heterocycles. The minimum atomic E-state index is 0.653. The van der Waals surface area contributed by atoms with Crippen LogP contribution in [0.1, 0.15) is 0 Å². The number of hydrogen-bond donors (Lipinski definition) is 1. The number of aromatic nitrogens is 1. The van der Waals surface area contributed by atoms with Crippen molar-refractivity contribution in [1.29, 1.82) is 0 Å². The molecule has 0 aliphatic carbocycles. The molecule has 0 unspecified atom stereocenters. The first-order valence-electron chi connectivity index (χ1n) is 4.74. The molecule has 0 fully saturated rings. The van der Waals surface area contributed by atoms with E-state index in [0.717, 1.165) is 16.4 Å². The maximum Gasteiger partial charge on any atom is 0.333 e. The maximum absolute atomic E-state index is 6.17. The van der Waals surface area contributed by atoms with Crippen LogP contribution in [0.25, 0.3) is 11.3 Å². The average Bonchev–Trinajstić information content (AvgIpc) is 2.60. The third-order valence-corrected chi connectivity index (χ3v) is 3.96. The normalized spacial score (nSPS) is 10.5. The Balaban J connectivity index is 2.54. The van der Waals surface area contributed by atoms with Gasteiger partial charge in [-0.15, -0.1) is 0 Å². The van der Waals surface area contributed by atoms with E-state index in [2.05, 4.69) is 15.3 Å². The highest BCUT2D eigenvalue weighted by atomic mass is 35.5. The Morgan fingerprint density at radius 3 is 2.62 bits per heavy atom. The van der Waals surface area contributed by atoms with Crippen LogP contribution >= 0.6 is 34.5 Å². The molecule has 1 aromatic carbocycles. The van der Waals surface area contributed by atoms with Gasteiger partial charge in [-0.1, -0.05) is 34.5 Å². The lowest BCUT2D eigenvalue weighted by molar-refractivity contribution is -0.641. The number of benzene rings is 1. The van der Waals surface area contributed by atoms with E-state index in [1.54, 1.807) is 17.4 Å². The third kappa shape index (κ3) is 2.03. The fourth-order valence-electron chi connectivity index (χ4n) is 1.55. The van der Waals surface area contributed by atoms with Gasteiger partial charge in [0.05, 0.1) is 19.1 Å². The van der Waals surface area contributed by atoms with Crippen molar-refractivity contribution in [2.24, 2.45) is 7.05 Å². The summed E-state index contributed by atoms with van der Waals surface area (Å²) in [6, 6.07) is 5.54. The highest BCUT2D eigenvalue weighted by Gasteiger charge is 2.16. The van der Waals surface area contributed by atoms with Crippen molar-refractivity contribution in [3.8, 4) is 11.3 Å². The first-order chi connectivity index (χ1) is 7.63. The molecule has 2 rings (SSSR count). The fraction of sp³-hybridized carbons (Fsp3) is 0.182. The predicted molar refractivity (Wildman–Crippen MR) is 70.5 cm³/mol. The van der Waals surface area contributed by atoms with Crippen molar-refractivity contribution in [2.75, 3.05) is 12.4 Å². The fourth-order valence-corrected chi connectivity index (χ4v) is 2.94. The van der Waals surface area contributed by atoms with Gasteiger partial charge >= 0.3 is 5.13 Å². The van der Waals surface area contributed by atoms with Crippen molar-refractivity contribution < 1.29 is 4.57 Å². The lowest BCUT2D eigenvalue weighted by Gasteiger charge is -2.02. The molecular weight excluding hydrogens is 263 g/mol. The summed E-state index contributed by atoms with van der Waals surface area (Å²) < 4.78 is 2.07. The van der Waals surface area contributed by atoms with Crippen LogP contribution in [-0.2, 0) is 7.05 Å². The number of nitrogens with zero attached hydrogens (tertiary/aromatic N) is 1. The second-order valence-electron chi connectivity index (χ2n) is 3.36. The summed E-state index contributed by atoms with van der Waals surface area (Å²) >= 11 is 13.7. The van der Waals surface area contributed by atoms with Gasteiger partial charge in [0.25, 0.3) is 0 Å². The summed E-state index contributed by atoms with van der Waals surface area (Å²) in [6.45, 7) is 0. The van der Waals surface area contributed by atoms with Crippen LogP contribution in [0, 0.1) is 0 Å². The van der Waals surface area contributed by atoms with E-state index >= 15 is 0 Å². The highest BCUT2D eigenvalue weighted by molar-refractivity contribution is 7.13. The second kappa shape index (κ2) is 4.62. The summed E-state index contributed by atoms with van der Waals surface area (Å²) in [7, 11) is 3.90. The molecule has 16 heavy (non-hydrogen) atoms. The first-order valence-corrected chi connectivity index (χ1v) is 6.37. The SMILES string of the molecule is CNc1scc(-c2ccc(Cl)cc2Cl)[n+]1C. The molecule has 1 N–H and O–H groups in total. The average molecular weight is 274 g/mol. The Kier molecular flexibility index (Phi) is 3.38. The largest absolute Gasteiger partial charge is 0.333 e. The van der Waals surface area contributed by atoms with Gasteiger partial charge in [-0.05, 0) is 18.2 Å². The van der Waals surface area contributed by atoms with E-state index in [-0.39, 0.29) is 0 Å². The maximum atomic E-state index is 6.17. The van der Waals surface area contributed by atoms with Crippen LogP contribution < -0.4 is 9.88 Å². The minimum Gasteiger partial charge on any atom is -0.268 e. The van der Waals surface area contributed by atoms with E-state index in [1.807, 2.05) is 26.2 Å². The molecule has 0 bridgehead atoms. The Bertz CT molecular complexity index is 523. The zero-order valence-electron chi connectivity index (χ0n) is 8.92. The van der Waals surface area contributed by atoms with Gasteiger partial charge in [0.1, 0.15) is 5.69 Å². The van der Waals surface area contributed by atoms with E-state index in [4.69, 9.17) is 23.2 Å². The third-order valence-electron chi connectivity index (χ3n) is 2.37. The molecule has 1 heterocycles. The molecule has 0 atom stereocenters. The Morgan fingerprint density at radius 2 is 2.06 bits per heavy atom. The second-order valence-corrected chi connectivity index (χ2v) is 5.06. The molecule has 5 heteroatoms. The van der Waals surface area contributed by atoms with Crippen LogP contribution in [0.4, 0.5) is 5.13 Å². The van der Waals surface area contributed by atoms with E-state index in [9.17, 15) is 0 Å². The van der Waals surface area contributed by atoms with Gasteiger partial charge in [0.2, 0.25) is 0 Å². The summed E-state index contributed by atoms with van der Waals surface area (Å²) in [5.41, 5.74) is 2.07. The van der Waals surface area contributed by atoms with E-state index in [1.165, 1.54) is 0 Å². The van der Waals surface area contributed by atoms with Gasteiger partial charge < -0.3 is 0 Å². The van der Waals surface area contributed by atoms with Crippen molar-refractivity contribution >= 4 is 39.7 Å². The summed E-state index contributed by atoms with van der Waals surface area (Å²) in [5, 5.41) is 7.61. The van der Waals surface area contributed by atoms with Gasteiger partial charge in [0, 0.05) is 16.0 Å². The van der Waals surface area contributed by atoms with Crippen LogP contribution in [-0.4, -0.2) is 7.05 Å². The number of rotatable bonds is 2. The molecule has 0 radical (unpaired) electrons. The van der Waals surface area contributed by atoms with Crippen molar-refractivity contribution in [3.63, 3.8) is 0 Å². The molecular formula is C11H11Cl2N2S+. The molecule has 0 aliphatic rings. The van der Waals surface area contributed by atoms with E-state index in [0.29, 0.717) is 10.0 Å². The predicted octanol–water partition coefficient (Wildman–Crippen LogP) is 3.59. The Labute approximate surface area is 108 Å². The van der Waals surface area contributed by atoms with Crippen LogP contribution in [0.15, 0.2) is 23.6 Å². The number of halogens is 2. The smallest absolute Gasteiger partial charge is 0.268 e. The Hall–Kier alpha value is -0.770. The van der Waals surface area contributed by atoms with Crippen LogP contribution in [0.2, 0.25) is 10.0 Å². The number of nitrogens with one attached hydrogen (secondary N) is 1. The summed E-state index contributed by atoms with van der Waals surface area (Å²) in [5.74, 6) is 0. The molecule has 2 aromatic rings. The zero-order chi connectivity index (χ0) is 11.7. The standard InChI is InChI=1S/C11H10Cl2N2S/c1-14-11-15(2)10(6-16-11)8-4-3-7(12)5-9(8)13/h3-6H,1-2H3/p+1. The molecule has 84 valence electrons. The van der Waals surface area contributed by atoms with Gasteiger partial charge in [-0.2, -0.15) is 0 Å². The van der Waals surface area contributed by atoms with Gasteiger partial charge in [0.15, 0.2) is 0 Å². The summed E-state index contributed by atoms with van der Waals surface area (Å²) in [6.07, 6.45) is 0. The molecule has 1 aromatic heterocycles. The molecule has 0 amide bonds. The van der Waals surface area contributed by atoms with Crippen molar-refractivity contribution in [3.05, 3.63) is 33.6 Å². The molecule has 2 nitrogen and oxygen atoms in total. The Morgan fingerprint density at radius 1 is 1.31 bits per heavy atom. The highest BCUT2D eigenvalue weighted by Crippen LogP contribution is 2.30. The van der Waals surface area contributed by atoms with E-state index < -0.39 is 0 Å². The zero-order valence-corrected chi connectivity index (χ0v) is 11.2. The van der Waals surface area contributed by atoms with Gasteiger partial charge in [-0.25, -0.2) is 4.57 Å².